The van der Waals surface area contributed by atoms with Gasteiger partial charge in [0.2, 0.25) is 0 Å². The van der Waals surface area contributed by atoms with Gasteiger partial charge in [-0.05, 0) is 31.7 Å². The van der Waals surface area contributed by atoms with Crippen molar-refractivity contribution in [1.82, 2.24) is 4.98 Å². The molecule has 2 rings (SSSR count). The number of nitrogens with zero attached hydrogens (tertiary/aromatic N) is 2. The lowest BCUT2D eigenvalue weighted by Crippen LogP contribution is -2.43. The van der Waals surface area contributed by atoms with Crippen molar-refractivity contribution < 1.29 is 5.11 Å². The fourth-order valence-electron chi connectivity index (χ4n) is 2.48. The van der Waals surface area contributed by atoms with Gasteiger partial charge in [-0.15, -0.1) is 0 Å². The largest absolute Gasteiger partial charge is 0.392 e. The number of hydrogen-bond acceptors (Lipinski definition) is 3. The van der Waals surface area contributed by atoms with Crippen LogP contribution in [0.25, 0.3) is 0 Å². The molecule has 1 N–H and O–H groups in total. The van der Waals surface area contributed by atoms with Gasteiger partial charge in [0.05, 0.1) is 18.5 Å². The van der Waals surface area contributed by atoms with Crippen LogP contribution in [0.4, 0.5) is 5.69 Å². The maximum Gasteiger partial charge on any atom is 0.0703 e. The van der Waals surface area contributed by atoms with Crippen LogP contribution in [-0.4, -0.2) is 22.7 Å². The molecule has 0 aliphatic carbocycles. The Kier molecular flexibility index (Phi) is 3.44. The van der Waals surface area contributed by atoms with Crippen LogP contribution in [0.15, 0.2) is 18.5 Å². The fraction of sp³-hybridized carbons (Fsp3) is 0.615. The number of rotatable bonds is 2. The molecule has 1 saturated heterocycles. The van der Waals surface area contributed by atoms with E-state index in [0.29, 0.717) is 12.0 Å². The average Bonchev–Trinajstić information content (AvgIpc) is 2.33. The van der Waals surface area contributed by atoms with Crippen LogP contribution in [0.5, 0.6) is 0 Å². The van der Waals surface area contributed by atoms with Crippen molar-refractivity contribution in [2.75, 3.05) is 11.4 Å². The highest BCUT2D eigenvalue weighted by molar-refractivity contribution is 5.52. The topological polar surface area (TPSA) is 36.4 Å². The van der Waals surface area contributed by atoms with Gasteiger partial charge in [-0.25, -0.2) is 0 Å². The smallest absolute Gasteiger partial charge is 0.0703 e. The van der Waals surface area contributed by atoms with Crippen molar-refractivity contribution >= 4 is 5.69 Å². The Hall–Kier alpha value is -1.09. The molecule has 16 heavy (non-hydrogen) atoms. The zero-order chi connectivity index (χ0) is 11.5. The van der Waals surface area contributed by atoms with Crippen molar-refractivity contribution in [2.45, 2.75) is 39.3 Å². The zero-order valence-corrected chi connectivity index (χ0v) is 10.1. The Labute approximate surface area is 97.1 Å². The van der Waals surface area contributed by atoms with Crippen molar-refractivity contribution in [3.8, 4) is 0 Å². The highest BCUT2D eigenvalue weighted by Gasteiger charge is 2.26. The lowest BCUT2D eigenvalue weighted by molar-refractivity contribution is 0.280. The number of aliphatic hydroxyl groups excluding tert-OH is 1. The standard InChI is InChI=1S/C13H20N2O/c1-10-4-3-7-15(11(10)2)13-8-14-6-5-12(13)9-16/h5-6,8,10-11,16H,3-4,7,9H2,1-2H3. The fourth-order valence-corrected chi connectivity index (χ4v) is 2.48. The first kappa shape index (κ1) is 11.4. The monoisotopic (exact) mass is 220 g/mol. The molecule has 3 heteroatoms. The van der Waals surface area contributed by atoms with E-state index in [1.165, 1.54) is 12.8 Å². The van der Waals surface area contributed by atoms with Gasteiger partial charge in [0.1, 0.15) is 0 Å². The molecule has 3 nitrogen and oxygen atoms in total. The summed E-state index contributed by atoms with van der Waals surface area (Å²) in [4.78, 5) is 6.56. The summed E-state index contributed by atoms with van der Waals surface area (Å²) in [6.07, 6.45) is 6.14. The summed E-state index contributed by atoms with van der Waals surface area (Å²) in [6.45, 7) is 5.73. The molecule has 2 atom stereocenters. The normalized spacial score (nSPS) is 25.8. The lowest BCUT2D eigenvalue weighted by atomic mass is 9.91. The molecule has 0 saturated carbocycles. The molecule has 0 radical (unpaired) electrons. The van der Waals surface area contributed by atoms with E-state index in [9.17, 15) is 5.11 Å². The molecule has 0 amide bonds. The summed E-state index contributed by atoms with van der Waals surface area (Å²) in [6, 6.07) is 2.43. The third kappa shape index (κ3) is 2.05. The van der Waals surface area contributed by atoms with Crippen LogP contribution in [0.3, 0.4) is 0 Å². The van der Waals surface area contributed by atoms with Crippen molar-refractivity contribution in [2.24, 2.45) is 5.92 Å². The van der Waals surface area contributed by atoms with E-state index < -0.39 is 0 Å². The minimum atomic E-state index is 0.0927. The van der Waals surface area contributed by atoms with Crippen molar-refractivity contribution in [3.63, 3.8) is 0 Å². The van der Waals surface area contributed by atoms with Crippen LogP contribution >= 0.6 is 0 Å². The van der Waals surface area contributed by atoms with Crippen molar-refractivity contribution in [3.05, 3.63) is 24.0 Å². The van der Waals surface area contributed by atoms with Gasteiger partial charge in [0.25, 0.3) is 0 Å². The number of piperidine rings is 1. The summed E-state index contributed by atoms with van der Waals surface area (Å²) in [5.41, 5.74) is 2.08. The van der Waals surface area contributed by atoms with Gasteiger partial charge in [-0.2, -0.15) is 0 Å². The zero-order valence-electron chi connectivity index (χ0n) is 10.1. The van der Waals surface area contributed by atoms with Gasteiger partial charge >= 0.3 is 0 Å². The first-order valence-electron chi connectivity index (χ1n) is 6.04. The number of anilines is 1. The van der Waals surface area contributed by atoms with Gasteiger partial charge in [-0.3, -0.25) is 4.98 Å². The molecule has 1 fully saturated rings. The Bertz CT molecular complexity index is 354. The first-order chi connectivity index (χ1) is 7.74. The molecule has 2 heterocycles. The van der Waals surface area contributed by atoms with Gasteiger partial charge in [0.15, 0.2) is 0 Å². The molecule has 2 unspecified atom stereocenters. The van der Waals surface area contributed by atoms with E-state index in [-0.39, 0.29) is 6.61 Å². The van der Waals surface area contributed by atoms with Gasteiger partial charge in [-0.1, -0.05) is 6.92 Å². The van der Waals surface area contributed by atoms with Crippen LogP contribution in [0.2, 0.25) is 0 Å². The summed E-state index contributed by atoms with van der Waals surface area (Å²) in [5, 5.41) is 9.35. The van der Waals surface area contributed by atoms with E-state index in [0.717, 1.165) is 17.8 Å². The van der Waals surface area contributed by atoms with Crippen LogP contribution < -0.4 is 4.90 Å². The third-order valence-electron chi connectivity index (χ3n) is 3.74. The first-order valence-corrected chi connectivity index (χ1v) is 6.04. The number of aromatic nitrogens is 1. The predicted molar refractivity (Wildman–Crippen MR) is 65.4 cm³/mol. The molecule has 0 bridgehead atoms. The van der Waals surface area contributed by atoms with E-state index in [2.05, 4.69) is 23.7 Å². The molecule has 0 aromatic carbocycles. The summed E-state index contributed by atoms with van der Waals surface area (Å²) in [7, 11) is 0. The predicted octanol–water partition coefficient (Wildman–Crippen LogP) is 2.20. The Balaban J connectivity index is 2.28. The Morgan fingerprint density at radius 2 is 2.31 bits per heavy atom. The molecule has 88 valence electrons. The Morgan fingerprint density at radius 3 is 3.06 bits per heavy atom. The van der Waals surface area contributed by atoms with E-state index >= 15 is 0 Å². The van der Waals surface area contributed by atoms with E-state index in [1.807, 2.05) is 12.3 Å². The van der Waals surface area contributed by atoms with Gasteiger partial charge in [0, 0.05) is 24.3 Å². The second-order valence-electron chi connectivity index (χ2n) is 4.72. The summed E-state index contributed by atoms with van der Waals surface area (Å²) >= 11 is 0. The quantitative estimate of drug-likeness (QED) is 0.830. The van der Waals surface area contributed by atoms with Gasteiger partial charge < -0.3 is 10.0 Å². The number of hydrogen-bond donors (Lipinski definition) is 1. The van der Waals surface area contributed by atoms with Crippen molar-refractivity contribution in [1.29, 1.82) is 0 Å². The minimum Gasteiger partial charge on any atom is -0.392 e. The molecule has 1 aliphatic rings. The molecule has 1 aromatic heterocycles. The highest BCUT2D eigenvalue weighted by Crippen LogP contribution is 2.30. The van der Waals surface area contributed by atoms with E-state index in [4.69, 9.17) is 0 Å². The molecule has 1 aliphatic heterocycles. The van der Waals surface area contributed by atoms with Crippen LogP contribution in [0.1, 0.15) is 32.3 Å². The molecule has 0 spiro atoms. The number of aliphatic hydroxyl groups is 1. The molecular weight excluding hydrogens is 200 g/mol. The third-order valence-corrected chi connectivity index (χ3v) is 3.74. The number of pyridine rings is 1. The minimum absolute atomic E-state index is 0.0927. The van der Waals surface area contributed by atoms with Crippen LogP contribution in [0, 0.1) is 5.92 Å². The molecular formula is C13H20N2O. The SMILES string of the molecule is CC1CCCN(c2cnccc2CO)C1C. The lowest BCUT2D eigenvalue weighted by Gasteiger charge is -2.40. The maximum absolute atomic E-state index is 9.35. The maximum atomic E-state index is 9.35. The van der Waals surface area contributed by atoms with Crippen LogP contribution in [-0.2, 0) is 6.61 Å². The summed E-state index contributed by atoms with van der Waals surface area (Å²) < 4.78 is 0. The summed E-state index contributed by atoms with van der Waals surface area (Å²) in [5.74, 6) is 0.709. The highest BCUT2D eigenvalue weighted by atomic mass is 16.3. The second kappa shape index (κ2) is 4.83. The van der Waals surface area contributed by atoms with E-state index in [1.54, 1.807) is 6.20 Å². The second-order valence-corrected chi connectivity index (χ2v) is 4.72. The molecule has 1 aromatic rings. The Morgan fingerprint density at radius 1 is 1.50 bits per heavy atom. The average molecular weight is 220 g/mol.